The lowest BCUT2D eigenvalue weighted by Gasteiger charge is -2.02. The summed E-state index contributed by atoms with van der Waals surface area (Å²) in [6.07, 6.45) is 5.23. The summed E-state index contributed by atoms with van der Waals surface area (Å²) in [4.78, 5) is 21.4. The zero-order valence-electron chi connectivity index (χ0n) is 14.5. The quantitative estimate of drug-likeness (QED) is 0.289. The van der Waals surface area contributed by atoms with Gasteiger partial charge < -0.3 is 0 Å². The Morgan fingerprint density at radius 3 is 2.96 bits per heavy atom. The first-order chi connectivity index (χ1) is 13.5. The third-order valence-electron chi connectivity index (χ3n) is 3.93. The van der Waals surface area contributed by atoms with Gasteiger partial charge in [-0.15, -0.1) is 11.3 Å². The highest BCUT2D eigenvalue weighted by Crippen LogP contribution is 2.33. The Bertz CT molecular complexity index is 1200. The molecule has 0 saturated carbocycles. The van der Waals surface area contributed by atoms with Gasteiger partial charge in [0, 0.05) is 28.9 Å². The summed E-state index contributed by atoms with van der Waals surface area (Å²) in [6, 6.07) is 10.1. The van der Waals surface area contributed by atoms with Crippen molar-refractivity contribution in [3.05, 3.63) is 74.5 Å². The van der Waals surface area contributed by atoms with Crippen LogP contribution in [0.5, 0.6) is 0 Å². The van der Waals surface area contributed by atoms with Gasteiger partial charge in [-0.1, -0.05) is 23.7 Å². The van der Waals surface area contributed by atoms with Crippen LogP contribution in [0.2, 0.25) is 5.02 Å². The molecule has 0 atom stereocenters. The summed E-state index contributed by atoms with van der Waals surface area (Å²) >= 11 is 7.46. The van der Waals surface area contributed by atoms with E-state index in [4.69, 9.17) is 11.6 Å². The number of halogens is 1. The first-order valence-corrected chi connectivity index (χ1v) is 9.35. The molecule has 140 valence electrons. The van der Waals surface area contributed by atoms with Gasteiger partial charge in [-0.25, -0.2) is 9.97 Å². The van der Waals surface area contributed by atoms with Crippen molar-refractivity contribution in [2.24, 2.45) is 5.10 Å². The van der Waals surface area contributed by atoms with Crippen LogP contribution in [-0.4, -0.2) is 25.5 Å². The minimum Gasteiger partial charge on any atom is -0.288 e. The molecule has 0 fully saturated rings. The van der Waals surface area contributed by atoms with E-state index in [1.54, 1.807) is 24.5 Å². The highest BCUT2D eigenvalue weighted by Gasteiger charge is 2.19. The average molecular weight is 413 g/mol. The molecule has 4 aromatic rings. The topological polar surface area (TPSA) is 97.7 Å². The van der Waals surface area contributed by atoms with Gasteiger partial charge in [-0.05, 0) is 25.1 Å². The number of thiazole rings is 1. The number of anilines is 1. The fourth-order valence-electron chi connectivity index (χ4n) is 2.70. The maximum Gasteiger partial charge on any atom is 0.288 e. The number of aryl methyl sites for hydroxylation is 1. The van der Waals surface area contributed by atoms with E-state index in [0.717, 1.165) is 9.84 Å². The fourth-order valence-corrected chi connectivity index (χ4v) is 3.72. The Hall–Kier alpha value is -3.30. The minimum absolute atomic E-state index is 0.0812. The number of nitro groups is 1. The lowest BCUT2D eigenvalue weighted by molar-refractivity contribution is -0.384. The van der Waals surface area contributed by atoms with Gasteiger partial charge in [-0.3, -0.25) is 19.9 Å². The van der Waals surface area contributed by atoms with Crippen molar-refractivity contribution in [2.75, 3.05) is 5.43 Å². The summed E-state index contributed by atoms with van der Waals surface area (Å²) < 4.78 is 1.90. The number of hydrogen-bond acceptors (Lipinski definition) is 7. The Balaban J connectivity index is 1.79. The number of pyridine rings is 1. The van der Waals surface area contributed by atoms with Gasteiger partial charge in [0.25, 0.3) is 5.69 Å². The van der Waals surface area contributed by atoms with E-state index in [9.17, 15) is 10.1 Å². The summed E-state index contributed by atoms with van der Waals surface area (Å²) in [5, 5.41) is 15.6. The van der Waals surface area contributed by atoms with Crippen molar-refractivity contribution >= 4 is 45.6 Å². The minimum atomic E-state index is -0.509. The zero-order chi connectivity index (χ0) is 19.7. The Labute approximate surface area is 168 Å². The molecule has 4 rings (SSSR count). The molecule has 10 heteroatoms. The van der Waals surface area contributed by atoms with Crippen molar-refractivity contribution in [2.45, 2.75) is 6.92 Å². The van der Waals surface area contributed by atoms with Crippen LogP contribution >= 0.6 is 22.9 Å². The summed E-state index contributed by atoms with van der Waals surface area (Å²) in [5.74, 6) is 0.602. The smallest absolute Gasteiger partial charge is 0.288 e. The third kappa shape index (κ3) is 3.45. The lowest BCUT2D eigenvalue weighted by Crippen LogP contribution is -1.97. The molecule has 0 spiro atoms. The summed E-state index contributed by atoms with van der Waals surface area (Å²) in [7, 11) is 0. The SMILES string of the molecule is Cc1cn2c(/C=N/Nc3ccccn3)c(-c3ccc(Cl)c([N+](=O)[O-])c3)nc2s1. The molecule has 0 aliphatic rings. The number of imidazole rings is 1. The van der Waals surface area contributed by atoms with Crippen LogP contribution in [-0.2, 0) is 0 Å². The van der Waals surface area contributed by atoms with Gasteiger partial charge in [-0.2, -0.15) is 5.10 Å². The van der Waals surface area contributed by atoms with Crippen LogP contribution in [0.3, 0.4) is 0 Å². The number of hydrazone groups is 1. The molecule has 28 heavy (non-hydrogen) atoms. The second kappa shape index (κ2) is 7.37. The van der Waals surface area contributed by atoms with Crippen LogP contribution in [0.1, 0.15) is 10.6 Å². The molecular weight excluding hydrogens is 400 g/mol. The lowest BCUT2D eigenvalue weighted by atomic mass is 10.1. The van der Waals surface area contributed by atoms with E-state index in [0.29, 0.717) is 22.8 Å². The summed E-state index contributed by atoms with van der Waals surface area (Å²) in [5.41, 5.74) is 4.56. The van der Waals surface area contributed by atoms with Crippen molar-refractivity contribution in [3.8, 4) is 11.3 Å². The number of aromatic nitrogens is 3. The second-order valence-electron chi connectivity index (χ2n) is 5.85. The standard InChI is InChI=1S/C18H13ClN6O2S/c1-11-10-24-15(9-21-23-16-4-2-3-7-20-16)17(22-18(24)28-11)12-5-6-13(19)14(8-12)25(26)27/h2-10H,1H3,(H,20,23)/b21-9+. The Morgan fingerprint density at radius 1 is 1.36 bits per heavy atom. The number of fused-ring (bicyclic) bond motifs is 1. The molecular formula is C18H13ClN6O2S. The molecule has 1 N–H and O–H groups in total. The van der Waals surface area contributed by atoms with Gasteiger partial charge in [0.15, 0.2) is 4.96 Å². The number of nitrogens with zero attached hydrogens (tertiary/aromatic N) is 5. The maximum absolute atomic E-state index is 11.2. The van der Waals surface area contributed by atoms with Crippen LogP contribution in [0.25, 0.3) is 16.2 Å². The summed E-state index contributed by atoms with van der Waals surface area (Å²) in [6.45, 7) is 1.99. The van der Waals surface area contributed by atoms with E-state index < -0.39 is 4.92 Å². The molecule has 1 aromatic carbocycles. The van der Waals surface area contributed by atoms with Gasteiger partial charge in [0.1, 0.15) is 10.8 Å². The number of benzene rings is 1. The van der Waals surface area contributed by atoms with E-state index >= 15 is 0 Å². The predicted molar refractivity (Wildman–Crippen MR) is 110 cm³/mol. The first kappa shape index (κ1) is 18.1. The van der Waals surface area contributed by atoms with Crippen molar-refractivity contribution in [1.29, 1.82) is 0 Å². The average Bonchev–Trinajstić information content (AvgIpc) is 3.19. The number of nitro benzene ring substituents is 1. The molecule has 0 bridgehead atoms. The van der Waals surface area contributed by atoms with E-state index in [1.165, 1.54) is 23.5 Å². The highest BCUT2D eigenvalue weighted by molar-refractivity contribution is 7.17. The monoisotopic (exact) mass is 412 g/mol. The zero-order valence-corrected chi connectivity index (χ0v) is 16.1. The van der Waals surface area contributed by atoms with E-state index in [2.05, 4.69) is 20.5 Å². The highest BCUT2D eigenvalue weighted by atomic mass is 35.5. The molecule has 0 aliphatic heterocycles. The van der Waals surface area contributed by atoms with Crippen LogP contribution in [0, 0.1) is 17.0 Å². The van der Waals surface area contributed by atoms with Crippen molar-refractivity contribution < 1.29 is 4.92 Å². The number of rotatable bonds is 5. The molecule has 0 aliphatic carbocycles. The van der Waals surface area contributed by atoms with Gasteiger partial charge >= 0.3 is 0 Å². The van der Waals surface area contributed by atoms with Crippen LogP contribution in [0.15, 0.2) is 53.9 Å². The van der Waals surface area contributed by atoms with Gasteiger partial charge in [0.05, 0.1) is 22.5 Å². The molecule has 0 radical (unpaired) electrons. The second-order valence-corrected chi connectivity index (χ2v) is 7.47. The molecule has 0 saturated heterocycles. The van der Waals surface area contributed by atoms with Gasteiger partial charge in [0.2, 0.25) is 0 Å². The van der Waals surface area contributed by atoms with Crippen LogP contribution in [0.4, 0.5) is 11.5 Å². The van der Waals surface area contributed by atoms with E-state index in [-0.39, 0.29) is 10.7 Å². The first-order valence-electron chi connectivity index (χ1n) is 8.16. The fraction of sp³-hybridized carbons (Fsp3) is 0.0556. The molecule has 0 amide bonds. The Kier molecular flexibility index (Phi) is 4.76. The number of nitrogens with one attached hydrogen (secondary N) is 1. The molecule has 8 nitrogen and oxygen atoms in total. The van der Waals surface area contributed by atoms with Crippen molar-refractivity contribution in [1.82, 2.24) is 14.4 Å². The third-order valence-corrected chi connectivity index (χ3v) is 5.14. The molecule has 3 heterocycles. The van der Waals surface area contributed by atoms with Crippen LogP contribution < -0.4 is 5.43 Å². The van der Waals surface area contributed by atoms with Crippen molar-refractivity contribution in [3.63, 3.8) is 0 Å². The Morgan fingerprint density at radius 2 is 2.21 bits per heavy atom. The predicted octanol–water partition coefficient (Wildman–Crippen LogP) is 4.77. The number of hydrogen-bond donors (Lipinski definition) is 1. The largest absolute Gasteiger partial charge is 0.288 e. The maximum atomic E-state index is 11.2. The normalized spacial score (nSPS) is 11.4. The molecule has 0 unspecified atom stereocenters. The van der Waals surface area contributed by atoms with E-state index in [1.807, 2.05) is 29.7 Å². The molecule has 3 aromatic heterocycles.